The second-order valence-corrected chi connectivity index (χ2v) is 10.3. The molecule has 0 spiro atoms. The highest BCUT2D eigenvalue weighted by molar-refractivity contribution is 7.81. The molecule has 0 radical (unpaired) electrons. The number of hydrogen-bond donors (Lipinski definition) is 1. The summed E-state index contributed by atoms with van der Waals surface area (Å²) in [7, 11) is 0. The number of benzene rings is 2. The minimum absolute atomic E-state index is 0.0451. The number of nitrogens with one attached hydrogen (secondary N) is 1. The summed E-state index contributed by atoms with van der Waals surface area (Å²) in [6.45, 7) is 11.9. The summed E-state index contributed by atoms with van der Waals surface area (Å²) in [5.41, 5.74) is -0.286. The molecule has 38 heavy (non-hydrogen) atoms. The van der Waals surface area contributed by atoms with Gasteiger partial charge in [0.15, 0.2) is 10.8 Å². The van der Waals surface area contributed by atoms with Gasteiger partial charge in [-0.05, 0) is 74.3 Å². The van der Waals surface area contributed by atoms with Crippen LogP contribution in [0.15, 0.2) is 47.8 Å². The fraction of sp³-hybridized carbons (Fsp3) is 0.231. The van der Waals surface area contributed by atoms with Crippen LogP contribution in [0, 0.1) is 19.3 Å². The van der Waals surface area contributed by atoms with Crippen LogP contribution in [0.1, 0.15) is 40.2 Å². The third-order valence-corrected chi connectivity index (χ3v) is 7.42. The lowest BCUT2D eigenvalue weighted by atomic mass is 10.0. The molecule has 2 aromatic carbocycles. The van der Waals surface area contributed by atoms with Gasteiger partial charge >= 0.3 is 6.18 Å². The molecule has 4 rings (SSSR count). The lowest BCUT2D eigenvalue weighted by Gasteiger charge is -2.29. The summed E-state index contributed by atoms with van der Waals surface area (Å²) in [6.07, 6.45) is -4.68. The molecule has 0 saturated carbocycles. The molecule has 0 aliphatic carbocycles. The molecule has 0 bridgehead atoms. The van der Waals surface area contributed by atoms with Crippen LogP contribution in [0.25, 0.3) is 4.85 Å². The molecule has 2 amide bonds. The molecule has 1 aromatic heterocycles. The van der Waals surface area contributed by atoms with Crippen LogP contribution in [0.2, 0.25) is 0 Å². The van der Waals surface area contributed by atoms with E-state index in [0.717, 1.165) is 12.1 Å². The first kappa shape index (κ1) is 27.2. The van der Waals surface area contributed by atoms with E-state index in [4.69, 9.17) is 18.8 Å². The molecule has 1 fully saturated rings. The second-order valence-electron chi connectivity index (χ2n) is 9.02. The maximum Gasteiger partial charge on any atom is 0.417 e. The number of alkyl halides is 3. The van der Waals surface area contributed by atoms with Gasteiger partial charge in [0.1, 0.15) is 16.2 Å². The van der Waals surface area contributed by atoms with E-state index in [1.807, 2.05) is 0 Å². The molecule has 6 nitrogen and oxygen atoms in total. The average Bonchev–Trinajstić information content (AvgIpc) is 3.40. The number of halogens is 4. The molecule has 2 heterocycles. The van der Waals surface area contributed by atoms with Crippen LogP contribution in [0.4, 0.5) is 34.6 Å². The Kier molecular flexibility index (Phi) is 7.03. The van der Waals surface area contributed by atoms with Gasteiger partial charge in [0.2, 0.25) is 0 Å². The smallest absolute Gasteiger partial charge is 0.347 e. The highest BCUT2D eigenvalue weighted by Gasteiger charge is 2.50. The predicted molar refractivity (Wildman–Crippen MR) is 141 cm³/mol. The van der Waals surface area contributed by atoms with Crippen molar-refractivity contribution in [2.24, 2.45) is 0 Å². The van der Waals surface area contributed by atoms with E-state index in [-0.39, 0.29) is 28.8 Å². The minimum atomic E-state index is -4.68. The molecule has 1 saturated heterocycles. The Labute approximate surface area is 225 Å². The predicted octanol–water partition coefficient (Wildman–Crippen LogP) is 6.61. The van der Waals surface area contributed by atoms with Crippen molar-refractivity contribution in [1.29, 1.82) is 0 Å². The monoisotopic (exact) mass is 560 g/mol. The van der Waals surface area contributed by atoms with Crippen molar-refractivity contribution >= 4 is 57.5 Å². The third-order valence-electron chi connectivity index (χ3n) is 6.14. The van der Waals surface area contributed by atoms with Gasteiger partial charge in [-0.2, -0.15) is 13.2 Å². The Bertz CT molecular complexity index is 1510. The molecule has 1 aliphatic rings. The number of hydrogen-bond acceptors (Lipinski definition) is 4. The summed E-state index contributed by atoms with van der Waals surface area (Å²) in [4.78, 5) is 31.4. The number of aryl methyl sites for hydroxylation is 1. The van der Waals surface area contributed by atoms with Crippen molar-refractivity contribution < 1.29 is 27.2 Å². The van der Waals surface area contributed by atoms with Crippen molar-refractivity contribution in [1.82, 2.24) is 5.32 Å². The van der Waals surface area contributed by atoms with E-state index in [1.165, 1.54) is 27.3 Å². The Morgan fingerprint density at radius 3 is 2.45 bits per heavy atom. The van der Waals surface area contributed by atoms with Crippen molar-refractivity contribution in [2.75, 3.05) is 9.80 Å². The second kappa shape index (κ2) is 9.81. The third kappa shape index (κ3) is 4.75. The van der Waals surface area contributed by atoms with Gasteiger partial charge in [0.25, 0.3) is 11.8 Å². The van der Waals surface area contributed by atoms with E-state index in [9.17, 15) is 22.8 Å². The summed E-state index contributed by atoms with van der Waals surface area (Å²) in [5, 5.41) is 3.61. The summed E-state index contributed by atoms with van der Waals surface area (Å²) in [6, 6.07) is 9.78. The molecule has 0 unspecified atom stereocenters. The van der Waals surface area contributed by atoms with E-state index in [1.54, 1.807) is 39.0 Å². The molecule has 196 valence electrons. The average molecular weight is 561 g/mol. The topological polar surface area (TPSA) is 57.0 Å². The minimum Gasteiger partial charge on any atom is -0.347 e. The number of anilines is 2. The Morgan fingerprint density at radius 2 is 1.84 bits per heavy atom. The van der Waals surface area contributed by atoms with Gasteiger partial charge in [0, 0.05) is 23.5 Å². The van der Waals surface area contributed by atoms with E-state index in [2.05, 4.69) is 10.2 Å². The quantitative estimate of drug-likeness (QED) is 0.217. The first-order valence-corrected chi connectivity index (χ1v) is 12.4. The van der Waals surface area contributed by atoms with Crippen molar-refractivity contribution in [3.05, 3.63) is 86.6 Å². The number of rotatable bonds is 5. The SMILES string of the molecule is [C-]#[N+]c1ccc(N2C(=O)C(C)(C)N(c3ccc(CNC(=O)c4sccc4C(F)(F)F)c(F)c3)C2=S)cc1C. The van der Waals surface area contributed by atoms with Gasteiger partial charge in [-0.15, -0.1) is 11.3 Å². The van der Waals surface area contributed by atoms with Gasteiger partial charge < -0.3 is 10.2 Å². The van der Waals surface area contributed by atoms with Crippen molar-refractivity contribution in [3.8, 4) is 0 Å². The number of amides is 2. The summed E-state index contributed by atoms with van der Waals surface area (Å²) in [5.74, 6) is -2.03. The van der Waals surface area contributed by atoms with Crippen molar-refractivity contribution in [3.63, 3.8) is 0 Å². The van der Waals surface area contributed by atoms with Gasteiger partial charge in [-0.1, -0.05) is 12.1 Å². The highest BCUT2D eigenvalue weighted by atomic mass is 32.1. The molecular formula is C26H20F4N4O2S2. The standard InChI is InChI=1S/C26H20F4N4O2S2/c1-14-11-16(7-8-20(14)31-4)33-23(36)25(2,3)34(24(33)37)17-6-5-15(19(27)12-17)13-32-22(35)21-18(9-10-38-21)26(28,29)30/h5-12H,13H2,1-3H3,(H,32,35). The summed E-state index contributed by atoms with van der Waals surface area (Å²) < 4.78 is 54.3. The highest BCUT2D eigenvalue weighted by Crippen LogP contribution is 2.38. The fourth-order valence-electron chi connectivity index (χ4n) is 4.14. The zero-order valence-electron chi connectivity index (χ0n) is 20.3. The van der Waals surface area contributed by atoms with Crippen LogP contribution < -0.4 is 15.1 Å². The number of carbonyl (C=O) groups is 2. The van der Waals surface area contributed by atoms with Crippen LogP contribution >= 0.6 is 23.6 Å². The van der Waals surface area contributed by atoms with Crippen LogP contribution in [0.5, 0.6) is 0 Å². The Morgan fingerprint density at radius 1 is 1.16 bits per heavy atom. The lowest BCUT2D eigenvalue weighted by molar-refractivity contribution is -0.137. The molecular weight excluding hydrogens is 540 g/mol. The van der Waals surface area contributed by atoms with E-state index >= 15 is 4.39 Å². The first-order valence-electron chi connectivity index (χ1n) is 11.2. The van der Waals surface area contributed by atoms with E-state index in [0.29, 0.717) is 28.3 Å². The van der Waals surface area contributed by atoms with Gasteiger partial charge in [0.05, 0.1) is 12.1 Å². The molecule has 0 atom stereocenters. The van der Waals surface area contributed by atoms with Gasteiger partial charge in [-0.25, -0.2) is 9.24 Å². The Hall–Kier alpha value is -3.82. The van der Waals surface area contributed by atoms with Crippen molar-refractivity contribution in [2.45, 2.75) is 39.0 Å². The number of thiocarbonyl (C=S) groups is 1. The van der Waals surface area contributed by atoms with Crippen LogP contribution in [0.3, 0.4) is 0 Å². The number of carbonyl (C=O) groups excluding carboxylic acids is 2. The summed E-state index contributed by atoms with van der Waals surface area (Å²) >= 11 is 6.25. The molecule has 1 aliphatic heterocycles. The van der Waals surface area contributed by atoms with Crippen LogP contribution in [-0.2, 0) is 17.5 Å². The van der Waals surface area contributed by atoms with Crippen LogP contribution in [-0.4, -0.2) is 22.5 Å². The maximum atomic E-state index is 15.1. The largest absolute Gasteiger partial charge is 0.417 e. The lowest BCUT2D eigenvalue weighted by Crippen LogP contribution is -2.44. The zero-order chi connectivity index (χ0) is 28.0. The van der Waals surface area contributed by atoms with Gasteiger partial charge in [-0.3, -0.25) is 14.5 Å². The fourth-order valence-corrected chi connectivity index (χ4v) is 5.50. The normalized spacial score (nSPS) is 15.1. The number of nitrogens with zero attached hydrogens (tertiary/aromatic N) is 3. The van der Waals surface area contributed by atoms with E-state index < -0.39 is 33.9 Å². The number of thiophene rings is 1. The first-order chi connectivity index (χ1) is 17.8. The molecule has 1 N–H and O–H groups in total. The Balaban J connectivity index is 1.56. The zero-order valence-corrected chi connectivity index (χ0v) is 21.9. The maximum absolute atomic E-state index is 15.1. The molecule has 3 aromatic rings. The molecule has 12 heteroatoms.